The molecule has 0 amide bonds. The van der Waals surface area contributed by atoms with E-state index < -0.39 is 0 Å². The zero-order valence-corrected chi connectivity index (χ0v) is 9.37. The molecule has 1 aromatic heterocycles. The number of imidazole rings is 1. The van der Waals surface area contributed by atoms with Gasteiger partial charge in [-0.3, -0.25) is 0 Å². The number of nitrogen functional groups attached to an aromatic ring is 2. The molecule has 0 aliphatic heterocycles. The molecule has 1 aliphatic rings. The third-order valence-corrected chi connectivity index (χ3v) is 3.27. The number of hydrogen-bond donors (Lipinski definition) is 2. The van der Waals surface area contributed by atoms with E-state index in [4.69, 9.17) is 11.6 Å². The Morgan fingerprint density at radius 1 is 1.40 bits per heavy atom. The van der Waals surface area contributed by atoms with Gasteiger partial charge in [0.2, 0.25) is 0 Å². The van der Waals surface area contributed by atoms with E-state index in [1.807, 2.05) is 0 Å². The standard InChI is InChI=1S/C11H20N4/c1-2-5-9-14-10(11(12)15(9)13)8-6-3-4-7-8/h8H,2-7,12-13H2,1H3. The molecular weight excluding hydrogens is 188 g/mol. The summed E-state index contributed by atoms with van der Waals surface area (Å²) in [5.41, 5.74) is 7.03. The van der Waals surface area contributed by atoms with Crippen LogP contribution in [0.2, 0.25) is 0 Å². The number of anilines is 1. The maximum atomic E-state index is 5.99. The van der Waals surface area contributed by atoms with Crippen molar-refractivity contribution in [3.05, 3.63) is 11.5 Å². The van der Waals surface area contributed by atoms with E-state index in [1.54, 1.807) is 4.68 Å². The summed E-state index contributed by atoms with van der Waals surface area (Å²) in [7, 11) is 0. The van der Waals surface area contributed by atoms with E-state index in [9.17, 15) is 0 Å². The fourth-order valence-corrected chi connectivity index (χ4v) is 2.41. The number of nitrogens with zero attached hydrogens (tertiary/aromatic N) is 2. The van der Waals surface area contributed by atoms with Crippen LogP contribution in [0, 0.1) is 0 Å². The van der Waals surface area contributed by atoms with Crippen molar-refractivity contribution in [3.63, 3.8) is 0 Å². The third kappa shape index (κ3) is 1.80. The lowest BCUT2D eigenvalue weighted by molar-refractivity contribution is 0.699. The Hall–Kier alpha value is -1.19. The second-order valence-electron chi connectivity index (χ2n) is 4.40. The summed E-state index contributed by atoms with van der Waals surface area (Å²) < 4.78 is 1.57. The molecule has 1 saturated carbocycles. The van der Waals surface area contributed by atoms with E-state index in [2.05, 4.69) is 11.9 Å². The molecule has 4 N–H and O–H groups in total. The lowest BCUT2D eigenvalue weighted by atomic mass is 10.0. The second-order valence-corrected chi connectivity index (χ2v) is 4.40. The molecular formula is C11H20N4. The first kappa shape index (κ1) is 10.3. The summed E-state index contributed by atoms with van der Waals surface area (Å²) in [5, 5.41) is 0. The average molecular weight is 208 g/mol. The minimum Gasteiger partial charge on any atom is -0.382 e. The first-order valence-electron chi connectivity index (χ1n) is 5.86. The van der Waals surface area contributed by atoms with Gasteiger partial charge < -0.3 is 11.6 Å². The normalized spacial score (nSPS) is 17.4. The topological polar surface area (TPSA) is 69.9 Å². The minimum atomic E-state index is 0.547. The number of aryl methyl sites for hydroxylation is 1. The van der Waals surface area contributed by atoms with Gasteiger partial charge in [-0.05, 0) is 19.3 Å². The number of aromatic nitrogens is 2. The maximum absolute atomic E-state index is 5.99. The van der Waals surface area contributed by atoms with Crippen molar-refractivity contribution < 1.29 is 0 Å². The van der Waals surface area contributed by atoms with Crippen LogP contribution in [-0.2, 0) is 6.42 Å². The number of nitrogens with two attached hydrogens (primary N) is 2. The third-order valence-electron chi connectivity index (χ3n) is 3.27. The van der Waals surface area contributed by atoms with Crippen LogP contribution in [0.15, 0.2) is 0 Å². The van der Waals surface area contributed by atoms with Crippen molar-refractivity contribution in [1.82, 2.24) is 9.66 Å². The Morgan fingerprint density at radius 3 is 2.67 bits per heavy atom. The molecule has 84 valence electrons. The van der Waals surface area contributed by atoms with Crippen molar-refractivity contribution in [1.29, 1.82) is 0 Å². The summed E-state index contributed by atoms with van der Waals surface area (Å²) in [6.45, 7) is 2.13. The molecule has 2 rings (SSSR count). The van der Waals surface area contributed by atoms with E-state index >= 15 is 0 Å². The Kier molecular flexibility index (Phi) is 2.84. The molecule has 1 fully saturated rings. The Bertz CT molecular complexity index is 337. The highest BCUT2D eigenvalue weighted by Gasteiger charge is 2.24. The Labute approximate surface area is 90.6 Å². The van der Waals surface area contributed by atoms with Crippen molar-refractivity contribution in [2.24, 2.45) is 0 Å². The lowest BCUT2D eigenvalue weighted by Gasteiger charge is -2.06. The lowest BCUT2D eigenvalue weighted by Crippen LogP contribution is -2.15. The summed E-state index contributed by atoms with van der Waals surface area (Å²) in [5.74, 6) is 8.03. The van der Waals surface area contributed by atoms with Crippen molar-refractivity contribution in [2.45, 2.75) is 51.4 Å². The molecule has 0 saturated heterocycles. The fourth-order valence-electron chi connectivity index (χ4n) is 2.41. The van der Waals surface area contributed by atoms with E-state index in [0.29, 0.717) is 11.7 Å². The molecule has 4 heteroatoms. The van der Waals surface area contributed by atoms with E-state index in [1.165, 1.54) is 25.7 Å². The van der Waals surface area contributed by atoms with Crippen LogP contribution >= 0.6 is 0 Å². The number of rotatable bonds is 3. The predicted octanol–water partition coefficient (Wildman–Crippen LogP) is 1.79. The van der Waals surface area contributed by atoms with Crippen molar-refractivity contribution in [3.8, 4) is 0 Å². The fraction of sp³-hybridized carbons (Fsp3) is 0.727. The SMILES string of the molecule is CCCc1nc(C2CCCC2)c(N)n1N. The maximum Gasteiger partial charge on any atom is 0.146 e. The average Bonchev–Trinajstić information content (AvgIpc) is 2.82. The van der Waals surface area contributed by atoms with Crippen LogP contribution in [0.25, 0.3) is 0 Å². The Balaban J connectivity index is 2.27. The van der Waals surface area contributed by atoms with Gasteiger partial charge in [0, 0.05) is 12.3 Å². The van der Waals surface area contributed by atoms with Crippen LogP contribution < -0.4 is 11.6 Å². The van der Waals surface area contributed by atoms with Gasteiger partial charge in [0.1, 0.15) is 11.6 Å². The van der Waals surface area contributed by atoms with Gasteiger partial charge in [0.25, 0.3) is 0 Å². The van der Waals surface area contributed by atoms with Gasteiger partial charge >= 0.3 is 0 Å². The zero-order valence-electron chi connectivity index (χ0n) is 9.37. The molecule has 0 unspecified atom stereocenters. The largest absolute Gasteiger partial charge is 0.382 e. The van der Waals surface area contributed by atoms with Gasteiger partial charge in [-0.25, -0.2) is 9.66 Å². The monoisotopic (exact) mass is 208 g/mol. The molecule has 4 nitrogen and oxygen atoms in total. The quantitative estimate of drug-likeness (QED) is 0.744. The first-order valence-corrected chi connectivity index (χ1v) is 5.86. The summed E-state index contributed by atoms with van der Waals surface area (Å²) in [4.78, 5) is 4.59. The Morgan fingerprint density at radius 2 is 2.07 bits per heavy atom. The van der Waals surface area contributed by atoms with Gasteiger partial charge in [0.15, 0.2) is 0 Å². The van der Waals surface area contributed by atoms with Crippen LogP contribution in [0.1, 0.15) is 56.5 Å². The first-order chi connectivity index (χ1) is 7.24. The highest BCUT2D eigenvalue weighted by molar-refractivity contribution is 5.41. The molecule has 0 bridgehead atoms. The van der Waals surface area contributed by atoms with Crippen LogP contribution in [0.4, 0.5) is 5.82 Å². The van der Waals surface area contributed by atoms with Crippen LogP contribution in [-0.4, -0.2) is 9.66 Å². The molecule has 0 radical (unpaired) electrons. The van der Waals surface area contributed by atoms with E-state index in [0.717, 1.165) is 24.4 Å². The molecule has 0 aromatic carbocycles. The highest BCUT2D eigenvalue weighted by Crippen LogP contribution is 2.36. The van der Waals surface area contributed by atoms with Crippen molar-refractivity contribution in [2.75, 3.05) is 11.6 Å². The molecule has 1 aromatic rings. The summed E-state index contributed by atoms with van der Waals surface area (Å²) in [6.07, 6.45) is 6.99. The molecule has 1 aliphatic carbocycles. The molecule has 0 atom stereocenters. The predicted molar refractivity (Wildman–Crippen MR) is 62.0 cm³/mol. The summed E-state index contributed by atoms with van der Waals surface area (Å²) in [6, 6.07) is 0. The van der Waals surface area contributed by atoms with Crippen LogP contribution in [0.3, 0.4) is 0 Å². The van der Waals surface area contributed by atoms with Gasteiger partial charge in [-0.15, -0.1) is 0 Å². The smallest absolute Gasteiger partial charge is 0.146 e. The molecule has 15 heavy (non-hydrogen) atoms. The molecule has 0 spiro atoms. The van der Waals surface area contributed by atoms with Gasteiger partial charge in [-0.2, -0.15) is 0 Å². The van der Waals surface area contributed by atoms with Gasteiger partial charge in [-0.1, -0.05) is 19.8 Å². The molecule has 1 heterocycles. The zero-order chi connectivity index (χ0) is 10.8. The second kappa shape index (κ2) is 4.13. The number of hydrogen-bond acceptors (Lipinski definition) is 3. The van der Waals surface area contributed by atoms with Gasteiger partial charge in [0.05, 0.1) is 5.69 Å². The highest BCUT2D eigenvalue weighted by atomic mass is 15.4. The van der Waals surface area contributed by atoms with Crippen molar-refractivity contribution >= 4 is 5.82 Å². The summed E-state index contributed by atoms with van der Waals surface area (Å²) >= 11 is 0. The minimum absolute atomic E-state index is 0.547. The van der Waals surface area contributed by atoms with E-state index in [-0.39, 0.29) is 0 Å². The van der Waals surface area contributed by atoms with Crippen LogP contribution in [0.5, 0.6) is 0 Å².